The zero-order valence-corrected chi connectivity index (χ0v) is 18.1. The van der Waals surface area contributed by atoms with Crippen LogP contribution >= 0.6 is 0 Å². The van der Waals surface area contributed by atoms with Crippen LogP contribution in [0.2, 0.25) is 0 Å². The molecule has 172 valence electrons. The minimum atomic E-state index is -4.86. The molecule has 34 heavy (non-hydrogen) atoms. The molecule has 7 nitrogen and oxygen atoms in total. The molecule has 0 unspecified atom stereocenters. The number of hydrogen-bond acceptors (Lipinski definition) is 7. The predicted molar refractivity (Wildman–Crippen MR) is 118 cm³/mol. The number of fused-ring (bicyclic) bond motifs is 2. The highest BCUT2D eigenvalue weighted by molar-refractivity contribution is 6.05. The first-order chi connectivity index (χ1) is 16.1. The maximum Gasteiger partial charge on any atom is 0.417 e. The van der Waals surface area contributed by atoms with Crippen LogP contribution in [0.3, 0.4) is 0 Å². The Bertz CT molecular complexity index is 1360. The van der Waals surface area contributed by atoms with Crippen molar-refractivity contribution in [3.05, 3.63) is 77.2 Å². The van der Waals surface area contributed by atoms with Gasteiger partial charge < -0.3 is 14.5 Å². The van der Waals surface area contributed by atoms with E-state index in [1.165, 1.54) is 24.3 Å². The number of alkyl halides is 3. The number of carbonyl (C=O) groups is 2. The molecular formula is C24H17F3N4O3. The van der Waals surface area contributed by atoms with E-state index in [1.807, 2.05) is 18.2 Å². The van der Waals surface area contributed by atoms with Crippen molar-refractivity contribution in [3.8, 4) is 6.07 Å². The number of pyridine rings is 1. The smallest absolute Gasteiger partial charge is 0.417 e. The summed E-state index contributed by atoms with van der Waals surface area (Å²) in [6.45, 7) is -0.909. The fourth-order valence-corrected chi connectivity index (χ4v) is 3.94. The number of carbonyl (C=O) groups excluding carboxylic acids is 2. The number of halogens is 3. The highest BCUT2D eigenvalue weighted by Crippen LogP contribution is 2.40. The van der Waals surface area contributed by atoms with Crippen LogP contribution < -0.4 is 9.80 Å². The van der Waals surface area contributed by atoms with E-state index in [-0.39, 0.29) is 22.3 Å². The summed E-state index contributed by atoms with van der Waals surface area (Å²) in [6.07, 6.45) is -4.08. The highest BCUT2D eigenvalue weighted by Gasteiger charge is 2.38. The summed E-state index contributed by atoms with van der Waals surface area (Å²) in [7, 11) is 3.34. The van der Waals surface area contributed by atoms with Gasteiger partial charge in [-0.15, -0.1) is 0 Å². The van der Waals surface area contributed by atoms with Crippen molar-refractivity contribution in [3.63, 3.8) is 0 Å². The third-order valence-electron chi connectivity index (χ3n) is 5.47. The second-order valence-electron chi connectivity index (χ2n) is 7.48. The van der Waals surface area contributed by atoms with Crippen molar-refractivity contribution in [2.45, 2.75) is 6.18 Å². The summed E-state index contributed by atoms with van der Waals surface area (Å²) in [5.41, 5.74) is -0.718. The van der Waals surface area contributed by atoms with Crippen LogP contribution in [0.1, 0.15) is 15.9 Å². The Morgan fingerprint density at radius 3 is 2.21 bits per heavy atom. The van der Waals surface area contributed by atoms with Gasteiger partial charge in [0.15, 0.2) is 6.61 Å². The van der Waals surface area contributed by atoms with Gasteiger partial charge in [-0.2, -0.15) is 18.4 Å². The Kier molecular flexibility index (Phi) is 5.71. The summed E-state index contributed by atoms with van der Waals surface area (Å²) in [4.78, 5) is 32.5. The number of hydrogen-bond donors (Lipinski definition) is 0. The topological polar surface area (TPSA) is 86.5 Å². The molecule has 0 saturated heterocycles. The van der Waals surface area contributed by atoms with Gasteiger partial charge in [-0.05, 0) is 18.2 Å². The largest absolute Gasteiger partial charge is 0.454 e. The van der Waals surface area contributed by atoms with E-state index in [2.05, 4.69) is 4.98 Å². The second kappa shape index (κ2) is 8.51. The summed E-state index contributed by atoms with van der Waals surface area (Å²) < 4.78 is 46.2. The predicted octanol–water partition coefficient (Wildman–Crippen LogP) is 4.30. The zero-order chi connectivity index (χ0) is 24.6. The van der Waals surface area contributed by atoms with Gasteiger partial charge in [0, 0.05) is 25.7 Å². The number of esters is 1. The van der Waals surface area contributed by atoms with Crippen LogP contribution in [0.25, 0.3) is 10.9 Å². The Morgan fingerprint density at radius 1 is 1.03 bits per heavy atom. The van der Waals surface area contributed by atoms with Gasteiger partial charge in [-0.25, -0.2) is 4.79 Å². The third kappa shape index (κ3) is 3.81. The molecule has 0 saturated carbocycles. The lowest BCUT2D eigenvalue weighted by Crippen LogP contribution is -2.28. The first kappa shape index (κ1) is 22.8. The van der Waals surface area contributed by atoms with Crippen LogP contribution in [-0.2, 0) is 15.7 Å². The number of rotatable bonds is 4. The summed E-state index contributed by atoms with van der Waals surface area (Å²) in [6, 6.07) is 14.6. The fraction of sp³-hybridized carbons (Fsp3) is 0.167. The first-order valence-corrected chi connectivity index (χ1v) is 10.0. The summed E-state index contributed by atoms with van der Waals surface area (Å²) in [5.74, 6) is -1.94. The monoisotopic (exact) mass is 466 g/mol. The first-order valence-electron chi connectivity index (χ1n) is 10.0. The molecule has 0 N–H and O–H groups in total. The molecule has 1 aliphatic heterocycles. The average Bonchev–Trinajstić information content (AvgIpc) is 3.07. The standard InChI is InChI=1S/C24H17F3N4O3/c1-30-18-9-5-6-10-19(18)31(2)22(30)15(11-28)20(32)13-34-23(33)16-12-29-17-8-4-3-7-14(17)21(16)24(25,26)27/h3-10,12H,13H2,1-2H3. The van der Waals surface area contributed by atoms with Crippen molar-refractivity contribution < 1.29 is 27.5 Å². The van der Waals surface area contributed by atoms with Crippen molar-refractivity contribution in [2.75, 3.05) is 30.5 Å². The van der Waals surface area contributed by atoms with Gasteiger partial charge in [0.2, 0.25) is 5.78 Å². The number of ether oxygens (including phenoxy) is 1. The fourth-order valence-electron chi connectivity index (χ4n) is 3.94. The third-order valence-corrected chi connectivity index (χ3v) is 5.47. The molecular weight excluding hydrogens is 449 g/mol. The molecule has 3 aromatic rings. The van der Waals surface area contributed by atoms with Crippen molar-refractivity contribution in [1.82, 2.24) is 4.98 Å². The van der Waals surface area contributed by atoms with Gasteiger partial charge in [-0.1, -0.05) is 30.3 Å². The van der Waals surface area contributed by atoms with Crippen molar-refractivity contribution >= 4 is 34.0 Å². The van der Waals surface area contributed by atoms with Crippen LogP contribution in [0.4, 0.5) is 24.5 Å². The van der Waals surface area contributed by atoms with E-state index in [0.717, 1.165) is 17.6 Å². The van der Waals surface area contributed by atoms with E-state index in [1.54, 1.807) is 36.0 Å². The molecule has 4 rings (SSSR count). The number of Topliss-reactive ketones (excluding diaryl/α,β-unsaturated/α-hetero) is 1. The molecule has 0 spiro atoms. The number of ketones is 1. The van der Waals surface area contributed by atoms with Gasteiger partial charge in [-0.3, -0.25) is 9.78 Å². The Labute approximate surface area is 192 Å². The van der Waals surface area contributed by atoms with E-state index in [0.29, 0.717) is 0 Å². The quantitative estimate of drug-likeness (QED) is 0.322. The maximum absolute atomic E-state index is 13.8. The molecule has 0 atom stereocenters. The van der Waals surface area contributed by atoms with Crippen LogP contribution in [-0.4, -0.2) is 37.4 Å². The van der Waals surface area contributed by atoms with Crippen LogP contribution in [0.5, 0.6) is 0 Å². The summed E-state index contributed by atoms with van der Waals surface area (Å²) in [5, 5.41) is 9.38. The van der Waals surface area contributed by atoms with Crippen molar-refractivity contribution in [1.29, 1.82) is 5.26 Å². The molecule has 0 fully saturated rings. The van der Waals surface area contributed by atoms with Gasteiger partial charge in [0.25, 0.3) is 0 Å². The molecule has 10 heteroatoms. The SMILES string of the molecule is CN1C(=C(C#N)C(=O)COC(=O)c2cnc3ccccc3c2C(F)(F)F)N(C)c2ccccc21. The van der Waals surface area contributed by atoms with Gasteiger partial charge >= 0.3 is 12.1 Å². The normalized spacial score (nSPS) is 13.0. The van der Waals surface area contributed by atoms with E-state index in [4.69, 9.17) is 4.74 Å². The van der Waals surface area contributed by atoms with Crippen LogP contribution in [0, 0.1) is 11.3 Å². The number of benzene rings is 2. The molecule has 0 aliphatic carbocycles. The van der Waals surface area contributed by atoms with Gasteiger partial charge in [0.1, 0.15) is 17.5 Å². The minimum Gasteiger partial charge on any atom is -0.454 e. The number of para-hydroxylation sites is 3. The zero-order valence-electron chi connectivity index (χ0n) is 18.1. The molecule has 0 radical (unpaired) electrons. The van der Waals surface area contributed by atoms with E-state index < -0.39 is 35.7 Å². The molecule has 2 aromatic carbocycles. The molecule has 1 aromatic heterocycles. The minimum absolute atomic E-state index is 0.0609. The Balaban J connectivity index is 1.62. The number of nitrogens with zero attached hydrogens (tertiary/aromatic N) is 4. The highest BCUT2D eigenvalue weighted by atomic mass is 19.4. The van der Waals surface area contributed by atoms with Crippen LogP contribution in [0.15, 0.2) is 66.1 Å². The lowest BCUT2D eigenvalue weighted by molar-refractivity contribution is -0.136. The lowest BCUT2D eigenvalue weighted by atomic mass is 10.0. The average molecular weight is 466 g/mol. The number of anilines is 2. The van der Waals surface area contributed by atoms with Crippen molar-refractivity contribution in [2.24, 2.45) is 0 Å². The molecule has 0 amide bonds. The second-order valence-corrected chi connectivity index (χ2v) is 7.48. The van der Waals surface area contributed by atoms with E-state index >= 15 is 0 Å². The number of nitriles is 1. The van der Waals surface area contributed by atoms with E-state index in [9.17, 15) is 28.0 Å². The maximum atomic E-state index is 13.8. The molecule has 1 aliphatic rings. The molecule has 2 heterocycles. The van der Waals surface area contributed by atoms with Gasteiger partial charge in [0.05, 0.1) is 28.0 Å². The number of aromatic nitrogens is 1. The Hall–Kier alpha value is -4.39. The Morgan fingerprint density at radius 2 is 1.62 bits per heavy atom. The molecule has 0 bridgehead atoms. The lowest BCUT2D eigenvalue weighted by Gasteiger charge is -2.20. The summed E-state index contributed by atoms with van der Waals surface area (Å²) >= 11 is 0.